The van der Waals surface area contributed by atoms with Crippen LogP contribution in [-0.2, 0) is 11.3 Å². The van der Waals surface area contributed by atoms with Crippen molar-refractivity contribution in [2.45, 2.75) is 6.54 Å². The maximum Gasteiger partial charge on any atom is 0.248 e. The number of H-pyrrole nitrogens is 1. The molecule has 0 fully saturated rings. The highest BCUT2D eigenvalue weighted by molar-refractivity contribution is 5.91. The topological polar surface area (TPSA) is 101 Å². The zero-order valence-corrected chi connectivity index (χ0v) is 15.9. The molecule has 1 amide bonds. The highest BCUT2D eigenvalue weighted by Crippen LogP contribution is 2.23. The molecule has 0 radical (unpaired) electrons. The summed E-state index contributed by atoms with van der Waals surface area (Å²) in [5.41, 5.74) is 4.26. The van der Waals surface area contributed by atoms with Crippen LogP contribution in [0.3, 0.4) is 0 Å². The lowest BCUT2D eigenvalue weighted by Gasteiger charge is -2.06. The van der Waals surface area contributed by atoms with Crippen LogP contribution in [-0.4, -0.2) is 36.1 Å². The first-order valence-electron chi connectivity index (χ1n) is 9.43. The summed E-state index contributed by atoms with van der Waals surface area (Å²) in [6, 6.07) is 24.9. The zero-order chi connectivity index (χ0) is 20.3. The summed E-state index contributed by atoms with van der Waals surface area (Å²) < 4.78 is 0. The molecule has 2 aromatic heterocycles. The number of imidazole rings is 1. The Morgan fingerprint density at radius 1 is 0.933 bits per heavy atom. The number of nitrogens with zero attached hydrogens (tertiary/aromatic N) is 5. The van der Waals surface area contributed by atoms with Crippen LogP contribution in [0, 0.1) is 0 Å². The summed E-state index contributed by atoms with van der Waals surface area (Å²) in [7, 11) is 0. The predicted molar refractivity (Wildman–Crippen MR) is 113 cm³/mol. The first kappa shape index (κ1) is 17.7. The Morgan fingerprint density at radius 2 is 1.73 bits per heavy atom. The maximum atomic E-state index is 12.5. The number of aromatic nitrogens is 6. The SMILES string of the molecule is O=C(Cn1nnc(-c2ccccc2)n1)Nc1cccc(-c2nc3ccccc3[nH]2)c1. The fourth-order valence-corrected chi connectivity index (χ4v) is 3.18. The maximum absolute atomic E-state index is 12.5. The molecule has 0 spiro atoms. The van der Waals surface area contributed by atoms with Gasteiger partial charge in [0, 0.05) is 16.8 Å². The number of hydrogen-bond acceptors (Lipinski definition) is 5. The summed E-state index contributed by atoms with van der Waals surface area (Å²) in [6.07, 6.45) is 0. The van der Waals surface area contributed by atoms with Crippen molar-refractivity contribution >= 4 is 22.6 Å². The Balaban J connectivity index is 1.30. The van der Waals surface area contributed by atoms with Crippen molar-refractivity contribution in [3.63, 3.8) is 0 Å². The van der Waals surface area contributed by atoms with Crippen LogP contribution in [0.5, 0.6) is 0 Å². The Hall–Kier alpha value is -4.33. The van der Waals surface area contributed by atoms with Crippen molar-refractivity contribution < 1.29 is 4.79 Å². The van der Waals surface area contributed by atoms with Gasteiger partial charge in [0.2, 0.25) is 11.7 Å². The van der Waals surface area contributed by atoms with Gasteiger partial charge >= 0.3 is 0 Å². The molecule has 2 heterocycles. The molecule has 0 bridgehead atoms. The Morgan fingerprint density at radius 3 is 2.60 bits per heavy atom. The predicted octanol–water partition coefficient (Wildman–Crippen LogP) is 3.52. The van der Waals surface area contributed by atoms with Gasteiger partial charge in [-0.25, -0.2) is 4.98 Å². The van der Waals surface area contributed by atoms with Gasteiger partial charge in [0.15, 0.2) is 0 Å². The summed E-state index contributed by atoms with van der Waals surface area (Å²) in [5.74, 6) is 0.988. The smallest absolute Gasteiger partial charge is 0.248 e. The molecule has 0 atom stereocenters. The average molecular weight is 395 g/mol. The van der Waals surface area contributed by atoms with Crippen LogP contribution < -0.4 is 5.32 Å². The summed E-state index contributed by atoms with van der Waals surface area (Å²) in [6.45, 7) is -0.0330. The lowest BCUT2D eigenvalue weighted by molar-refractivity contribution is -0.117. The monoisotopic (exact) mass is 395 g/mol. The molecule has 8 nitrogen and oxygen atoms in total. The highest BCUT2D eigenvalue weighted by Gasteiger charge is 2.11. The minimum absolute atomic E-state index is 0.0330. The number of fused-ring (bicyclic) bond motifs is 1. The number of carbonyl (C=O) groups is 1. The standard InChI is InChI=1S/C22H17N7O/c30-20(14-29-27-22(26-28-29)15-7-2-1-3-8-15)23-17-10-6-9-16(13-17)21-24-18-11-4-5-12-19(18)25-21/h1-13H,14H2,(H,23,30)(H,24,25). The quantitative estimate of drug-likeness (QED) is 0.474. The minimum atomic E-state index is -0.242. The number of nitrogens with one attached hydrogen (secondary N) is 2. The van der Waals surface area contributed by atoms with Gasteiger partial charge in [0.1, 0.15) is 12.4 Å². The lowest BCUT2D eigenvalue weighted by Crippen LogP contribution is -2.20. The van der Waals surface area contributed by atoms with E-state index in [0.717, 1.165) is 28.0 Å². The number of tetrazole rings is 1. The van der Waals surface area contributed by atoms with E-state index in [0.29, 0.717) is 11.5 Å². The van der Waals surface area contributed by atoms with Gasteiger partial charge in [-0.2, -0.15) is 4.80 Å². The average Bonchev–Trinajstić information content (AvgIpc) is 3.41. The number of benzene rings is 3. The Kier molecular flexibility index (Phi) is 4.49. The second kappa shape index (κ2) is 7.59. The van der Waals surface area contributed by atoms with Crippen molar-refractivity contribution in [2.75, 3.05) is 5.32 Å². The second-order valence-electron chi connectivity index (χ2n) is 6.74. The lowest BCUT2D eigenvalue weighted by atomic mass is 10.2. The second-order valence-corrected chi connectivity index (χ2v) is 6.74. The van der Waals surface area contributed by atoms with Gasteiger partial charge in [0.05, 0.1) is 11.0 Å². The number of aromatic amines is 1. The van der Waals surface area contributed by atoms with E-state index in [2.05, 4.69) is 30.7 Å². The molecule has 0 aliphatic heterocycles. The third kappa shape index (κ3) is 3.66. The molecule has 146 valence electrons. The van der Waals surface area contributed by atoms with Gasteiger partial charge < -0.3 is 10.3 Å². The normalized spacial score (nSPS) is 10.9. The van der Waals surface area contributed by atoms with E-state index in [1.165, 1.54) is 4.80 Å². The molecule has 5 rings (SSSR count). The van der Waals surface area contributed by atoms with E-state index >= 15 is 0 Å². The van der Waals surface area contributed by atoms with E-state index in [4.69, 9.17) is 0 Å². The van der Waals surface area contributed by atoms with Crippen LogP contribution in [0.4, 0.5) is 5.69 Å². The number of amides is 1. The molecule has 0 aliphatic rings. The molecule has 0 saturated carbocycles. The van der Waals surface area contributed by atoms with Crippen molar-refractivity contribution in [1.29, 1.82) is 0 Å². The van der Waals surface area contributed by atoms with Crippen molar-refractivity contribution in [1.82, 2.24) is 30.2 Å². The molecule has 2 N–H and O–H groups in total. The van der Waals surface area contributed by atoms with E-state index in [-0.39, 0.29) is 12.5 Å². The number of para-hydroxylation sites is 2. The van der Waals surface area contributed by atoms with Gasteiger partial charge in [-0.05, 0) is 29.5 Å². The summed E-state index contributed by atoms with van der Waals surface area (Å²) in [5, 5.41) is 15.1. The fourth-order valence-electron chi connectivity index (χ4n) is 3.18. The van der Waals surface area contributed by atoms with Gasteiger partial charge in [-0.3, -0.25) is 4.79 Å². The molecule has 5 aromatic rings. The van der Waals surface area contributed by atoms with E-state index in [1.54, 1.807) is 0 Å². The van der Waals surface area contributed by atoms with E-state index in [9.17, 15) is 4.79 Å². The van der Waals surface area contributed by atoms with Crippen LogP contribution >= 0.6 is 0 Å². The molecule has 30 heavy (non-hydrogen) atoms. The van der Waals surface area contributed by atoms with Crippen molar-refractivity contribution in [3.8, 4) is 22.8 Å². The van der Waals surface area contributed by atoms with E-state index in [1.807, 2.05) is 78.9 Å². The molecule has 0 aliphatic carbocycles. The largest absolute Gasteiger partial charge is 0.338 e. The van der Waals surface area contributed by atoms with Crippen molar-refractivity contribution in [3.05, 3.63) is 78.9 Å². The Bertz CT molecular complexity index is 1290. The third-order valence-corrected chi connectivity index (χ3v) is 4.58. The van der Waals surface area contributed by atoms with Gasteiger partial charge in [0.25, 0.3) is 0 Å². The minimum Gasteiger partial charge on any atom is -0.338 e. The number of carbonyl (C=O) groups excluding carboxylic acids is 1. The first-order chi connectivity index (χ1) is 14.7. The molecular weight excluding hydrogens is 378 g/mol. The highest BCUT2D eigenvalue weighted by atomic mass is 16.2. The molecular formula is C22H17N7O. The summed E-state index contributed by atoms with van der Waals surface area (Å²) >= 11 is 0. The van der Waals surface area contributed by atoms with Crippen LogP contribution in [0.15, 0.2) is 78.9 Å². The number of anilines is 1. The zero-order valence-electron chi connectivity index (χ0n) is 15.9. The Labute approximate surface area is 171 Å². The molecule has 0 saturated heterocycles. The number of rotatable bonds is 5. The molecule has 3 aromatic carbocycles. The molecule has 8 heteroatoms. The van der Waals surface area contributed by atoms with Gasteiger partial charge in [-0.1, -0.05) is 54.6 Å². The van der Waals surface area contributed by atoms with Crippen LogP contribution in [0.1, 0.15) is 0 Å². The first-order valence-corrected chi connectivity index (χ1v) is 9.43. The fraction of sp³-hybridized carbons (Fsp3) is 0.0455. The summed E-state index contributed by atoms with van der Waals surface area (Å²) in [4.78, 5) is 21.6. The third-order valence-electron chi connectivity index (χ3n) is 4.58. The molecule has 0 unspecified atom stereocenters. The van der Waals surface area contributed by atoms with Crippen LogP contribution in [0.25, 0.3) is 33.8 Å². The van der Waals surface area contributed by atoms with Crippen molar-refractivity contribution in [2.24, 2.45) is 0 Å². The number of hydrogen-bond donors (Lipinski definition) is 2. The van der Waals surface area contributed by atoms with Crippen LogP contribution in [0.2, 0.25) is 0 Å². The van der Waals surface area contributed by atoms with Gasteiger partial charge in [-0.15, -0.1) is 10.2 Å². The van der Waals surface area contributed by atoms with E-state index < -0.39 is 0 Å².